The average molecular weight is 391 g/mol. The van der Waals surface area contributed by atoms with E-state index in [1.54, 1.807) is 0 Å². The van der Waals surface area contributed by atoms with E-state index in [4.69, 9.17) is 19.7 Å². The van der Waals surface area contributed by atoms with Crippen LogP contribution in [0.1, 0.15) is 0 Å². The van der Waals surface area contributed by atoms with E-state index in [0.29, 0.717) is 0 Å². The summed E-state index contributed by atoms with van der Waals surface area (Å²) in [6, 6.07) is 15.9. The van der Waals surface area contributed by atoms with Crippen LogP contribution in [-0.4, -0.2) is 25.2 Å². The third-order valence-corrected chi connectivity index (χ3v) is 14.9. The Morgan fingerprint density at radius 3 is 1.40 bits per heavy atom. The minimum atomic E-state index is -2.62. The van der Waals surface area contributed by atoms with Gasteiger partial charge in [0, 0.05) is 11.4 Å². The summed E-state index contributed by atoms with van der Waals surface area (Å²) in [6.45, 7) is 13.0. The maximum Gasteiger partial charge on any atom is 0.311 e. The van der Waals surface area contributed by atoms with Crippen molar-refractivity contribution in [2.24, 2.45) is 0 Å². The van der Waals surface area contributed by atoms with Crippen LogP contribution in [-0.2, 0) is 8.23 Å². The molecule has 0 heterocycles. The van der Waals surface area contributed by atoms with Crippen molar-refractivity contribution < 1.29 is 8.23 Å². The molecule has 0 saturated carbocycles. The molecule has 2 rings (SSSR count). The van der Waals surface area contributed by atoms with Crippen molar-refractivity contribution in [3.63, 3.8) is 0 Å². The van der Waals surface area contributed by atoms with Gasteiger partial charge >= 0.3 is 8.56 Å². The van der Waals surface area contributed by atoms with Crippen molar-refractivity contribution in [2.75, 3.05) is 11.5 Å². The van der Waals surface area contributed by atoms with Gasteiger partial charge in [-0.3, -0.25) is 0 Å². The van der Waals surface area contributed by atoms with Gasteiger partial charge in [-0.25, -0.2) is 0 Å². The highest BCUT2D eigenvalue weighted by Crippen LogP contribution is 2.23. The smallest absolute Gasteiger partial charge is 0.311 e. The number of nitrogen functional groups attached to an aromatic ring is 2. The zero-order valence-corrected chi connectivity index (χ0v) is 19.1. The van der Waals surface area contributed by atoms with Crippen molar-refractivity contribution in [2.45, 2.75) is 39.3 Å². The predicted octanol–water partition coefficient (Wildman–Crippen LogP) is 3.11. The molecule has 25 heavy (non-hydrogen) atoms. The topological polar surface area (TPSA) is 70.5 Å². The molecule has 0 aliphatic heterocycles. The molecule has 0 atom stereocenters. The molecule has 2 aromatic carbocycles. The Morgan fingerprint density at radius 1 is 0.640 bits per heavy atom. The molecule has 4 N–H and O–H groups in total. The number of hydrogen-bond acceptors (Lipinski definition) is 4. The molecule has 2 aromatic rings. The Hall–Kier alpha value is -1.39. The largest absolute Gasteiger partial charge is 0.437 e. The highest BCUT2D eigenvalue weighted by Gasteiger charge is 2.44. The van der Waals surface area contributed by atoms with Crippen LogP contribution in [0.4, 0.5) is 11.4 Å². The second-order valence-corrected chi connectivity index (χ2v) is 19.7. The average Bonchev–Trinajstić information content (AvgIpc) is 2.44. The van der Waals surface area contributed by atoms with Crippen molar-refractivity contribution in [3.05, 3.63) is 48.5 Å². The van der Waals surface area contributed by atoms with Crippen LogP contribution < -0.4 is 21.8 Å². The van der Waals surface area contributed by atoms with Crippen LogP contribution in [0, 0.1) is 0 Å². The van der Waals surface area contributed by atoms with E-state index in [1.807, 2.05) is 36.4 Å². The van der Waals surface area contributed by atoms with Gasteiger partial charge in [0.05, 0.1) is 0 Å². The molecule has 0 unspecified atom stereocenters. The summed E-state index contributed by atoms with van der Waals surface area (Å²) in [4.78, 5) is 0. The van der Waals surface area contributed by atoms with Crippen molar-refractivity contribution in [3.8, 4) is 0 Å². The summed E-state index contributed by atoms with van der Waals surface area (Å²) in [5.41, 5.74) is 14.2. The molecule has 0 aliphatic carbocycles. The zero-order chi connectivity index (χ0) is 18.9. The number of nitrogens with two attached hydrogens (primary N) is 2. The van der Waals surface area contributed by atoms with Crippen LogP contribution >= 0.6 is 0 Å². The lowest BCUT2D eigenvalue weighted by Gasteiger charge is -2.40. The summed E-state index contributed by atoms with van der Waals surface area (Å²) in [6.07, 6.45) is 0. The number of rotatable bonds is 6. The highest BCUT2D eigenvalue weighted by atomic mass is 28.5. The van der Waals surface area contributed by atoms with Gasteiger partial charge in [0.1, 0.15) is 0 Å². The van der Waals surface area contributed by atoms with Crippen LogP contribution in [0.15, 0.2) is 48.5 Å². The second kappa shape index (κ2) is 7.08. The maximum atomic E-state index is 6.87. The lowest BCUT2D eigenvalue weighted by Crippen LogP contribution is -2.65. The molecule has 4 nitrogen and oxygen atoms in total. The Bertz CT molecular complexity index is 700. The Balaban J connectivity index is 2.58. The first-order valence-corrected chi connectivity index (χ1v) is 17.2. The zero-order valence-electron chi connectivity index (χ0n) is 16.1. The molecule has 0 aliphatic rings. The van der Waals surface area contributed by atoms with Gasteiger partial charge in [-0.1, -0.05) is 36.4 Å². The van der Waals surface area contributed by atoms with Crippen LogP contribution in [0.3, 0.4) is 0 Å². The lowest BCUT2D eigenvalue weighted by atomic mass is 10.3. The lowest BCUT2D eigenvalue weighted by molar-refractivity contribution is 0.401. The van der Waals surface area contributed by atoms with Crippen molar-refractivity contribution in [1.29, 1.82) is 0 Å². The summed E-state index contributed by atoms with van der Waals surface area (Å²) < 4.78 is 13.3. The Labute approximate surface area is 154 Å². The van der Waals surface area contributed by atoms with Gasteiger partial charge in [-0.2, -0.15) is 0 Å². The molecule has 0 radical (unpaired) electrons. The van der Waals surface area contributed by atoms with E-state index in [1.165, 1.54) is 0 Å². The number of anilines is 2. The third-order valence-electron chi connectivity index (χ3n) is 3.95. The van der Waals surface area contributed by atoms with Gasteiger partial charge in [-0.15, -0.1) is 0 Å². The maximum absolute atomic E-state index is 6.87. The van der Waals surface area contributed by atoms with Crippen LogP contribution in [0.25, 0.3) is 0 Å². The summed E-state index contributed by atoms with van der Waals surface area (Å²) in [5.74, 6) is 0. The first-order valence-electron chi connectivity index (χ1n) is 8.55. The molecule has 0 spiro atoms. The first kappa shape index (κ1) is 19.9. The highest BCUT2D eigenvalue weighted by molar-refractivity contribution is 7.03. The molecule has 0 amide bonds. The molecule has 7 heteroatoms. The molecular weight excluding hydrogens is 360 g/mol. The second-order valence-electron chi connectivity index (χ2n) is 7.92. The number of para-hydroxylation sites is 2. The SMILES string of the molecule is C[Si](C)(C)O[Si](C)(C)O[Si](C)(c1ccccc1N)c1ccccc1N. The fourth-order valence-corrected chi connectivity index (χ4v) is 17.0. The van der Waals surface area contributed by atoms with Gasteiger partial charge in [0.15, 0.2) is 8.32 Å². The first-order chi connectivity index (χ1) is 11.4. The standard InChI is InChI=1S/C18H30N2O2Si3/c1-23(2,3)21-24(4,5)22-25(6,17-13-9-7-11-15(17)19)18-14-10-8-12-16(18)20/h7-14H,19-20H2,1-6H3. The quantitative estimate of drug-likeness (QED) is 0.587. The molecule has 0 fully saturated rings. The molecule has 136 valence electrons. The Morgan fingerprint density at radius 2 is 1.04 bits per heavy atom. The number of hydrogen-bond donors (Lipinski definition) is 2. The van der Waals surface area contributed by atoms with Gasteiger partial charge in [0.2, 0.25) is 8.32 Å². The normalized spacial score (nSPS) is 13.0. The minimum Gasteiger partial charge on any atom is -0.437 e. The van der Waals surface area contributed by atoms with Crippen molar-refractivity contribution in [1.82, 2.24) is 0 Å². The molecule has 0 aromatic heterocycles. The molecule has 0 saturated heterocycles. The molecular formula is C18H30N2O2Si3. The van der Waals surface area contributed by atoms with E-state index in [0.717, 1.165) is 21.7 Å². The van der Waals surface area contributed by atoms with Crippen molar-refractivity contribution >= 4 is 46.9 Å². The predicted molar refractivity (Wildman–Crippen MR) is 116 cm³/mol. The monoisotopic (exact) mass is 390 g/mol. The van der Waals surface area contributed by atoms with Crippen LogP contribution in [0.5, 0.6) is 0 Å². The van der Waals surface area contributed by atoms with Gasteiger partial charge < -0.3 is 19.7 Å². The minimum absolute atomic E-state index is 0.748. The summed E-state index contributed by atoms with van der Waals surface area (Å²) >= 11 is 0. The van der Waals surface area contributed by atoms with E-state index < -0.39 is 25.2 Å². The fourth-order valence-electron chi connectivity index (χ4n) is 3.37. The van der Waals surface area contributed by atoms with E-state index >= 15 is 0 Å². The fraction of sp³-hybridized carbons (Fsp3) is 0.333. The van der Waals surface area contributed by atoms with Gasteiger partial charge in [0.25, 0.3) is 0 Å². The van der Waals surface area contributed by atoms with E-state index in [-0.39, 0.29) is 0 Å². The van der Waals surface area contributed by atoms with E-state index in [9.17, 15) is 0 Å². The number of benzene rings is 2. The van der Waals surface area contributed by atoms with Gasteiger partial charge in [-0.05, 0) is 61.8 Å². The third kappa shape index (κ3) is 4.83. The molecule has 0 bridgehead atoms. The van der Waals surface area contributed by atoms with Crippen LogP contribution in [0.2, 0.25) is 39.3 Å². The summed E-state index contributed by atoms with van der Waals surface area (Å²) in [7, 11) is -6.72. The summed E-state index contributed by atoms with van der Waals surface area (Å²) in [5, 5.41) is 2.10. The van der Waals surface area contributed by atoms with E-state index in [2.05, 4.69) is 51.4 Å². The Kier molecular flexibility index (Phi) is 5.65.